The smallest absolute Gasteiger partial charge is 0.251 e. The number of carbonyl (C=O) groups excluding carboxylic acids is 1. The molecule has 2 saturated heterocycles. The Kier molecular flexibility index (Phi) is 2.10. The van der Waals surface area contributed by atoms with Crippen molar-refractivity contribution in [1.29, 1.82) is 0 Å². The molecule has 0 aromatic rings. The highest BCUT2D eigenvalue weighted by Gasteiger charge is 2.45. The van der Waals surface area contributed by atoms with E-state index in [2.05, 4.69) is 23.8 Å². The second-order valence-corrected chi connectivity index (χ2v) is 4.12. The maximum absolute atomic E-state index is 11.7. The summed E-state index contributed by atoms with van der Waals surface area (Å²) in [6, 6.07) is 0. The summed E-state index contributed by atoms with van der Waals surface area (Å²) in [7, 11) is 0. The van der Waals surface area contributed by atoms with Gasteiger partial charge in [0.25, 0.3) is 5.91 Å². The first kappa shape index (κ1) is 9.89. The van der Waals surface area contributed by atoms with Crippen LogP contribution in [0.25, 0.3) is 0 Å². The van der Waals surface area contributed by atoms with E-state index in [0.717, 1.165) is 25.9 Å². The van der Waals surface area contributed by atoms with E-state index in [0.29, 0.717) is 11.6 Å². The number of nitrogens with zero attached hydrogens (tertiary/aromatic N) is 1. The van der Waals surface area contributed by atoms with Crippen LogP contribution < -0.4 is 16.4 Å². The maximum Gasteiger partial charge on any atom is 0.251 e. The van der Waals surface area contributed by atoms with E-state index < -0.39 is 5.54 Å². The van der Waals surface area contributed by atoms with E-state index in [1.165, 1.54) is 0 Å². The Morgan fingerprint density at radius 2 is 2.07 bits per heavy atom. The number of rotatable bonds is 1. The van der Waals surface area contributed by atoms with Gasteiger partial charge in [0.15, 0.2) is 0 Å². The van der Waals surface area contributed by atoms with Gasteiger partial charge in [0.2, 0.25) is 0 Å². The number of nitrogens with two attached hydrogens (primary N) is 1. The zero-order chi connectivity index (χ0) is 11.1. The first-order chi connectivity index (χ1) is 7.03. The number of amides is 1. The van der Waals surface area contributed by atoms with Gasteiger partial charge >= 0.3 is 0 Å². The molecule has 0 aliphatic carbocycles. The van der Waals surface area contributed by atoms with Gasteiger partial charge in [-0.1, -0.05) is 13.2 Å². The fourth-order valence-electron chi connectivity index (χ4n) is 2.16. The van der Waals surface area contributed by atoms with Crippen LogP contribution in [0.4, 0.5) is 0 Å². The molecule has 1 spiro atoms. The molecule has 82 valence electrons. The Labute approximate surface area is 89.0 Å². The van der Waals surface area contributed by atoms with Crippen LogP contribution in [0.1, 0.15) is 12.8 Å². The Balaban J connectivity index is 2.06. The summed E-state index contributed by atoms with van der Waals surface area (Å²) in [6.07, 6.45) is 1.46. The minimum Gasteiger partial charge on any atom is -0.386 e. The van der Waals surface area contributed by atoms with Crippen LogP contribution in [0.5, 0.6) is 0 Å². The first-order valence-electron chi connectivity index (χ1n) is 5.01. The summed E-state index contributed by atoms with van der Waals surface area (Å²) in [6.45, 7) is 8.91. The summed E-state index contributed by atoms with van der Waals surface area (Å²) in [4.78, 5) is 13.7. The van der Waals surface area contributed by atoms with Crippen LogP contribution in [-0.2, 0) is 4.79 Å². The number of carbonyl (C=O) groups is 1. The van der Waals surface area contributed by atoms with E-state index in [9.17, 15) is 4.79 Å². The van der Waals surface area contributed by atoms with Crippen LogP contribution in [0, 0.1) is 0 Å². The van der Waals surface area contributed by atoms with Crippen LogP contribution in [0.2, 0.25) is 0 Å². The highest BCUT2D eigenvalue weighted by Crippen LogP contribution is 2.27. The average Bonchev–Trinajstić information content (AvgIpc) is 2.42. The van der Waals surface area contributed by atoms with Crippen molar-refractivity contribution in [1.82, 2.24) is 15.5 Å². The van der Waals surface area contributed by atoms with Gasteiger partial charge in [-0.2, -0.15) is 0 Å². The van der Waals surface area contributed by atoms with Gasteiger partial charge < -0.3 is 21.3 Å². The molecule has 2 heterocycles. The van der Waals surface area contributed by atoms with Crippen LogP contribution in [0.3, 0.4) is 0 Å². The van der Waals surface area contributed by atoms with E-state index >= 15 is 0 Å². The van der Waals surface area contributed by atoms with Crippen molar-refractivity contribution in [3.05, 3.63) is 24.8 Å². The van der Waals surface area contributed by atoms with Gasteiger partial charge in [-0.25, -0.2) is 0 Å². The fraction of sp³-hybridized carbons (Fsp3) is 0.500. The van der Waals surface area contributed by atoms with Gasteiger partial charge in [-0.3, -0.25) is 4.79 Å². The molecule has 0 aromatic carbocycles. The summed E-state index contributed by atoms with van der Waals surface area (Å²) in [5, 5.41) is 5.83. The number of nitrogens with one attached hydrogen (secondary N) is 2. The van der Waals surface area contributed by atoms with Crippen molar-refractivity contribution < 1.29 is 4.79 Å². The van der Waals surface area contributed by atoms with Crippen molar-refractivity contribution in [3.63, 3.8) is 0 Å². The molecule has 2 fully saturated rings. The second kappa shape index (κ2) is 3.18. The quantitative estimate of drug-likeness (QED) is 0.540. The highest BCUT2D eigenvalue weighted by atomic mass is 16.2. The molecule has 0 atom stereocenters. The molecular weight excluding hydrogens is 192 g/mol. The monoisotopic (exact) mass is 208 g/mol. The molecule has 0 aromatic heterocycles. The summed E-state index contributed by atoms with van der Waals surface area (Å²) < 4.78 is 0. The summed E-state index contributed by atoms with van der Waals surface area (Å²) in [5.41, 5.74) is 5.14. The second-order valence-electron chi connectivity index (χ2n) is 4.12. The predicted molar refractivity (Wildman–Crippen MR) is 57.3 cm³/mol. The molecule has 2 rings (SSSR count). The van der Waals surface area contributed by atoms with Crippen LogP contribution in [-0.4, -0.2) is 29.4 Å². The van der Waals surface area contributed by atoms with Crippen LogP contribution >= 0.6 is 0 Å². The van der Waals surface area contributed by atoms with E-state index in [4.69, 9.17) is 5.73 Å². The Morgan fingerprint density at radius 1 is 1.47 bits per heavy atom. The van der Waals surface area contributed by atoms with Crippen molar-refractivity contribution in [2.24, 2.45) is 5.73 Å². The maximum atomic E-state index is 11.7. The largest absolute Gasteiger partial charge is 0.386 e. The standard InChI is InChI=1S/C10H16N4O/c1-7(11)14-5-3-10(4-6-14)9(15)12-8(2)13-10/h13H,1-6,11H2,(H,12,15). The molecule has 5 nitrogen and oxygen atoms in total. The molecule has 0 bridgehead atoms. The molecule has 5 heteroatoms. The van der Waals surface area contributed by atoms with Gasteiger partial charge in [0.1, 0.15) is 5.54 Å². The summed E-state index contributed by atoms with van der Waals surface area (Å²) >= 11 is 0. The number of hydrogen-bond acceptors (Lipinski definition) is 4. The van der Waals surface area contributed by atoms with E-state index in [1.807, 2.05) is 4.90 Å². The summed E-state index contributed by atoms with van der Waals surface area (Å²) in [5.74, 6) is 1.19. The normalized spacial score (nSPS) is 23.9. The SMILES string of the molecule is C=C1NC(=O)C2(CCN(C(=C)N)CC2)N1. The first-order valence-corrected chi connectivity index (χ1v) is 5.01. The number of likely N-dealkylation sites (tertiary alicyclic amines) is 1. The van der Waals surface area contributed by atoms with E-state index in [-0.39, 0.29) is 5.91 Å². The number of piperidine rings is 1. The van der Waals surface area contributed by atoms with Crippen molar-refractivity contribution in [2.45, 2.75) is 18.4 Å². The molecule has 0 radical (unpaired) electrons. The Hall–Kier alpha value is -1.65. The lowest BCUT2D eigenvalue weighted by molar-refractivity contribution is -0.125. The van der Waals surface area contributed by atoms with Crippen molar-refractivity contribution in [2.75, 3.05) is 13.1 Å². The molecule has 2 aliphatic rings. The zero-order valence-electron chi connectivity index (χ0n) is 8.68. The molecule has 2 aliphatic heterocycles. The lowest BCUT2D eigenvalue weighted by Gasteiger charge is -2.38. The molecule has 0 saturated carbocycles. The van der Waals surface area contributed by atoms with Crippen LogP contribution in [0.15, 0.2) is 24.8 Å². The topological polar surface area (TPSA) is 70.4 Å². The lowest BCUT2D eigenvalue weighted by Crippen LogP contribution is -2.54. The molecule has 15 heavy (non-hydrogen) atoms. The highest BCUT2D eigenvalue weighted by molar-refractivity contribution is 5.90. The Bertz CT molecular complexity index is 328. The van der Waals surface area contributed by atoms with Crippen molar-refractivity contribution in [3.8, 4) is 0 Å². The van der Waals surface area contributed by atoms with Gasteiger partial charge in [-0.15, -0.1) is 0 Å². The van der Waals surface area contributed by atoms with Gasteiger partial charge in [0.05, 0.1) is 11.6 Å². The Morgan fingerprint density at radius 3 is 2.47 bits per heavy atom. The van der Waals surface area contributed by atoms with Gasteiger partial charge in [-0.05, 0) is 12.8 Å². The average molecular weight is 208 g/mol. The predicted octanol–water partition coefficient (Wildman–Crippen LogP) is -0.558. The minimum absolute atomic E-state index is 0.0229. The molecule has 1 amide bonds. The zero-order valence-corrected chi connectivity index (χ0v) is 8.68. The number of hydrogen-bond donors (Lipinski definition) is 3. The third-order valence-electron chi connectivity index (χ3n) is 3.11. The molecule has 0 unspecified atom stereocenters. The third-order valence-corrected chi connectivity index (χ3v) is 3.11. The van der Waals surface area contributed by atoms with E-state index in [1.54, 1.807) is 0 Å². The van der Waals surface area contributed by atoms with Crippen molar-refractivity contribution >= 4 is 5.91 Å². The third kappa shape index (κ3) is 1.54. The molecule has 4 N–H and O–H groups in total. The molecular formula is C10H16N4O. The van der Waals surface area contributed by atoms with Gasteiger partial charge in [0, 0.05) is 13.1 Å². The lowest BCUT2D eigenvalue weighted by atomic mass is 9.88. The minimum atomic E-state index is -0.469. The fourth-order valence-corrected chi connectivity index (χ4v) is 2.16.